The lowest BCUT2D eigenvalue weighted by Gasteiger charge is -2.31. The van der Waals surface area contributed by atoms with Crippen molar-refractivity contribution >= 4 is 0 Å². The number of hydrogen-bond donors (Lipinski definition) is 1. The van der Waals surface area contributed by atoms with Gasteiger partial charge in [-0.1, -0.05) is 50.6 Å². The largest absolute Gasteiger partial charge is 0.329 e. The van der Waals surface area contributed by atoms with Gasteiger partial charge in [0.1, 0.15) is 0 Å². The van der Waals surface area contributed by atoms with Gasteiger partial charge >= 0.3 is 0 Å². The molecular weight excluding hydrogens is 208 g/mol. The van der Waals surface area contributed by atoms with Crippen LogP contribution in [0.15, 0.2) is 30.3 Å². The van der Waals surface area contributed by atoms with Crippen LogP contribution < -0.4 is 5.73 Å². The van der Waals surface area contributed by atoms with E-state index in [0.29, 0.717) is 12.0 Å². The van der Waals surface area contributed by atoms with E-state index in [0.717, 1.165) is 19.5 Å². The van der Waals surface area contributed by atoms with E-state index in [4.69, 9.17) is 5.73 Å². The van der Waals surface area contributed by atoms with E-state index >= 15 is 0 Å². The molecule has 0 aliphatic carbocycles. The minimum atomic E-state index is 0.503. The van der Waals surface area contributed by atoms with E-state index in [1.54, 1.807) is 0 Å². The van der Waals surface area contributed by atoms with Gasteiger partial charge in [-0.25, -0.2) is 0 Å². The second-order valence-corrected chi connectivity index (χ2v) is 4.90. The lowest BCUT2D eigenvalue weighted by Crippen LogP contribution is -2.43. The Hall–Kier alpha value is -0.860. The highest BCUT2D eigenvalue weighted by molar-refractivity contribution is 5.14. The Morgan fingerprint density at radius 2 is 1.88 bits per heavy atom. The maximum atomic E-state index is 5.88. The highest BCUT2D eigenvalue weighted by Crippen LogP contribution is 2.13. The third-order valence-corrected chi connectivity index (χ3v) is 3.70. The van der Waals surface area contributed by atoms with Crippen molar-refractivity contribution < 1.29 is 0 Å². The van der Waals surface area contributed by atoms with Gasteiger partial charge in [-0.3, -0.25) is 0 Å². The van der Waals surface area contributed by atoms with Crippen LogP contribution in [0.25, 0.3) is 0 Å². The van der Waals surface area contributed by atoms with Gasteiger partial charge in [0.25, 0.3) is 0 Å². The summed E-state index contributed by atoms with van der Waals surface area (Å²) in [4.78, 5) is 2.40. The first-order valence-corrected chi connectivity index (χ1v) is 6.63. The molecule has 2 unspecified atom stereocenters. The molecule has 1 aromatic carbocycles. The third-order valence-electron chi connectivity index (χ3n) is 3.70. The fourth-order valence-corrected chi connectivity index (χ4v) is 2.23. The summed E-state index contributed by atoms with van der Waals surface area (Å²) in [6.07, 6.45) is 2.29. The summed E-state index contributed by atoms with van der Waals surface area (Å²) in [5, 5.41) is 0. The summed E-state index contributed by atoms with van der Waals surface area (Å²) in [6.45, 7) is 6.35. The number of rotatable bonds is 7. The molecule has 0 aliphatic rings. The van der Waals surface area contributed by atoms with Crippen LogP contribution in [-0.4, -0.2) is 31.1 Å². The second-order valence-electron chi connectivity index (χ2n) is 4.90. The molecule has 0 spiro atoms. The maximum absolute atomic E-state index is 5.88. The van der Waals surface area contributed by atoms with Gasteiger partial charge in [0.2, 0.25) is 0 Å². The first kappa shape index (κ1) is 14.2. The number of nitrogens with two attached hydrogens (primary N) is 1. The Labute approximate surface area is 106 Å². The van der Waals surface area contributed by atoms with E-state index in [9.17, 15) is 0 Å². The molecule has 2 heteroatoms. The quantitative estimate of drug-likeness (QED) is 0.785. The molecule has 0 fully saturated rings. The van der Waals surface area contributed by atoms with Crippen molar-refractivity contribution in [3.8, 4) is 0 Å². The smallest absolute Gasteiger partial charge is 0.0240 e. The molecule has 0 heterocycles. The Kier molecular flexibility index (Phi) is 6.23. The second kappa shape index (κ2) is 7.46. The topological polar surface area (TPSA) is 29.3 Å². The van der Waals surface area contributed by atoms with E-state index in [1.165, 1.54) is 12.0 Å². The molecule has 0 saturated carbocycles. The third kappa shape index (κ3) is 4.49. The lowest BCUT2D eigenvalue weighted by molar-refractivity contribution is 0.187. The van der Waals surface area contributed by atoms with Crippen molar-refractivity contribution in [2.24, 2.45) is 11.7 Å². The fraction of sp³-hybridized carbons (Fsp3) is 0.600. The monoisotopic (exact) mass is 234 g/mol. The molecule has 96 valence electrons. The minimum Gasteiger partial charge on any atom is -0.329 e. The van der Waals surface area contributed by atoms with Crippen LogP contribution >= 0.6 is 0 Å². The zero-order valence-corrected chi connectivity index (χ0v) is 11.4. The van der Waals surface area contributed by atoms with E-state index in [-0.39, 0.29) is 0 Å². The molecule has 1 rings (SSSR count). The summed E-state index contributed by atoms with van der Waals surface area (Å²) in [5.74, 6) is 0.667. The number of hydrogen-bond acceptors (Lipinski definition) is 2. The van der Waals surface area contributed by atoms with Gasteiger partial charge in [0.05, 0.1) is 0 Å². The van der Waals surface area contributed by atoms with Crippen molar-refractivity contribution in [1.82, 2.24) is 4.90 Å². The van der Waals surface area contributed by atoms with Gasteiger partial charge in [0.15, 0.2) is 0 Å². The lowest BCUT2D eigenvalue weighted by atomic mass is 9.97. The van der Waals surface area contributed by atoms with Crippen molar-refractivity contribution in [1.29, 1.82) is 0 Å². The van der Waals surface area contributed by atoms with Gasteiger partial charge in [-0.15, -0.1) is 0 Å². The highest BCUT2D eigenvalue weighted by Gasteiger charge is 2.18. The zero-order valence-electron chi connectivity index (χ0n) is 11.4. The predicted molar refractivity (Wildman–Crippen MR) is 75.1 cm³/mol. The Morgan fingerprint density at radius 3 is 2.41 bits per heavy atom. The highest BCUT2D eigenvalue weighted by atomic mass is 15.1. The van der Waals surface area contributed by atoms with E-state index in [2.05, 4.69) is 56.1 Å². The van der Waals surface area contributed by atoms with Crippen LogP contribution in [0.3, 0.4) is 0 Å². The standard InChI is InChI=1S/C15H26N2/c1-4-13(2)15(12-16)17(3)11-10-14-8-6-5-7-9-14/h5-9,13,15H,4,10-12,16H2,1-3H3. The first-order valence-electron chi connectivity index (χ1n) is 6.63. The molecule has 17 heavy (non-hydrogen) atoms. The number of likely N-dealkylation sites (N-methyl/N-ethyl adjacent to an activating group) is 1. The maximum Gasteiger partial charge on any atom is 0.0240 e. The Bertz CT molecular complexity index is 297. The van der Waals surface area contributed by atoms with Crippen LogP contribution in [0.2, 0.25) is 0 Å². The normalized spacial score (nSPS) is 14.9. The molecular formula is C15H26N2. The summed E-state index contributed by atoms with van der Waals surface area (Å²) in [6, 6.07) is 11.1. The molecule has 0 aliphatic heterocycles. The average molecular weight is 234 g/mol. The number of benzene rings is 1. The predicted octanol–water partition coefficient (Wildman–Crippen LogP) is 2.53. The van der Waals surface area contributed by atoms with Crippen LogP contribution in [0.4, 0.5) is 0 Å². The molecule has 0 saturated heterocycles. The van der Waals surface area contributed by atoms with Gasteiger partial charge in [-0.05, 0) is 24.9 Å². The molecule has 0 radical (unpaired) electrons. The molecule has 2 nitrogen and oxygen atoms in total. The molecule has 0 aromatic heterocycles. The van der Waals surface area contributed by atoms with Gasteiger partial charge < -0.3 is 10.6 Å². The van der Waals surface area contributed by atoms with Crippen LogP contribution in [0.1, 0.15) is 25.8 Å². The summed E-state index contributed by atoms with van der Waals surface area (Å²) in [7, 11) is 2.19. The van der Waals surface area contributed by atoms with Crippen LogP contribution in [-0.2, 0) is 6.42 Å². The summed E-state index contributed by atoms with van der Waals surface area (Å²) in [5.41, 5.74) is 7.28. The van der Waals surface area contributed by atoms with E-state index < -0.39 is 0 Å². The minimum absolute atomic E-state index is 0.503. The molecule has 1 aromatic rings. The molecule has 2 N–H and O–H groups in total. The van der Waals surface area contributed by atoms with Crippen LogP contribution in [0.5, 0.6) is 0 Å². The molecule has 0 bridgehead atoms. The van der Waals surface area contributed by atoms with Crippen molar-refractivity contribution in [3.63, 3.8) is 0 Å². The van der Waals surface area contributed by atoms with Crippen molar-refractivity contribution in [2.45, 2.75) is 32.7 Å². The molecule has 0 amide bonds. The summed E-state index contributed by atoms with van der Waals surface area (Å²) < 4.78 is 0. The average Bonchev–Trinajstić information content (AvgIpc) is 2.38. The fourth-order valence-electron chi connectivity index (χ4n) is 2.23. The Morgan fingerprint density at radius 1 is 1.24 bits per heavy atom. The summed E-state index contributed by atoms with van der Waals surface area (Å²) >= 11 is 0. The van der Waals surface area contributed by atoms with E-state index in [1.807, 2.05) is 0 Å². The van der Waals surface area contributed by atoms with Crippen LogP contribution in [0, 0.1) is 5.92 Å². The number of nitrogens with zero attached hydrogens (tertiary/aromatic N) is 1. The van der Waals surface area contributed by atoms with Crippen molar-refractivity contribution in [2.75, 3.05) is 20.1 Å². The Balaban J connectivity index is 2.45. The van der Waals surface area contributed by atoms with Crippen molar-refractivity contribution in [3.05, 3.63) is 35.9 Å². The molecule has 2 atom stereocenters. The zero-order chi connectivity index (χ0) is 12.7. The van der Waals surface area contributed by atoms with Gasteiger partial charge in [-0.2, -0.15) is 0 Å². The van der Waals surface area contributed by atoms with Gasteiger partial charge in [0, 0.05) is 19.1 Å². The first-order chi connectivity index (χ1) is 8.19. The SMILES string of the molecule is CCC(C)C(CN)N(C)CCc1ccccc1.